The summed E-state index contributed by atoms with van der Waals surface area (Å²) in [5.74, 6) is 0.830. The molecular weight excluding hydrogens is 254 g/mol. The molecule has 1 aliphatic carbocycles. The molecule has 0 bridgehead atoms. The summed E-state index contributed by atoms with van der Waals surface area (Å²) in [6, 6.07) is 4.14. The molecule has 0 aliphatic heterocycles. The van der Waals surface area contributed by atoms with Crippen LogP contribution in [0.4, 0.5) is 0 Å². The molecule has 1 saturated carbocycles. The lowest BCUT2D eigenvalue weighted by Gasteiger charge is -2.26. The van der Waals surface area contributed by atoms with Gasteiger partial charge in [-0.15, -0.1) is 11.3 Å². The Labute approximate surface area is 120 Å². The molecule has 1 amide bonds. The topological polar surface area (TPSA) is 20.3 Å². The Kier molecular flexibility index (Phi) is 5.20. The molecule has 0 spiro atoms. The fourth-order valence-corrected chi connectivity index (χ4v) is 3.45. The quantitative estimate of drug-likeness (QED) is 0.758. The van der Waals surface area contributed by atoms with Gasteiger partial charge >= 0.3 is 0 Å². The van der Waals surface area contributed by atoms with Gasteiger partial charge in [0.1, 0.15) is 0 Å². The predicted molar refractivity (Wildman–Crippen MR) is 82.3 cm³/mol. The number of amides is 1. The summed E-state index contributed by atoms with van der Waals surface area (Å²) in [4.78, 5) is 16.3. The first kappa shape index (κ1) is 14.3. The van der Waals surface area contributed by atoms with Crippen molar-refractivity contribution in [3.8, 4) is 0 Å². The summed E-state index contributed by atoms with van der Waals surface area (Å²) < 4.78 is 0. The third-order valence-electron chi connectivity index (χ3n) is 3.78. The van der Waals surface area contributed by atoms with Gasteiger partial charge in [0, 0.05) is 29.4 Å². The van der Waals surface area contributed by atoms with Crippen molar-refractivity contribution in [3.05, 3.63) is 28.0 Å². The molecule has 1 heterocycles. The maximum Gasteiger partial charge on any atom is 0.246 e. The van der Waals surface area contributed by atoms with Crippen molar-refractivity contribution < 1.29 is 4.79 Å². The first-order valence-corrected chi connectivity index (χ1v) is 7.96. The Morgan fingerprint density at radius 2 is 2.11 bits per heavy atom. The van der Waals surface area contributed by atoms with Gasteiger partial charge in [-0.05, 0) is 43.9 Å². The molecular formula is C16H23NOS. The fourth-order valence-electron chi connectivity index (χ4n) is 2.67. The number of carbonyl (C=O) groups excluding carboxylic acids is 1. The predicted octanol–water partition coefficient (Wildman–Crippen LogP) is 4.11. The van der Waals surface area contributed by atoms with Crippen LogP contribution < -0.4 is 0 Å². The first-order chi connectivity index (χ1) is 9.15. The molecule has 1 aromatic heterocycles. The second kappa shape index (κ2) is 6.90. The summed E-state index contributed by atoms with van der Waals surface area (Å²) >= 11 is 1.72. The summed E-state index contributed by atoms with van der Waals surface area (Å²) in [5.41, 5.74) is 0. The lowest BCUT2D eigenvalue weighted by atomic mass is 9.89. The second-order valence-electron chi connectivity index (χ2n) is 5.50. The van der Waals surface area contributed by atoms with Crippen LogP contribution in [0.25, 0.3) is 6.08 Å². The number of hydrogen-bond acceptors (Lipinski definition) is 2. The summed E-state index contributed by atoms with van der Waals surface area (Å²) in [6.07, 6.45) is 10.2. The Hall–Kier alpha value is -1.09. The Morgan fingerprint density at radius 1 is 1.37 bits per heavy atom. The van der Waals surface area contributed by atoms with Crippen LogP contribution in [0.15, 0.2) is 18.2 Å². The fraction of sp³-hybridized carbons (Fsp3) is 0.562. The van der Waals surface area contributed by atoms with Crippen LogP contribution in [0.1, 0.15) is 41.9 Å². The Morgan fingerprint density at radius 3 is 2.74 bits per heavy atom. The van der Waals surface area contributed by atoms with E-state index in [0.717, 1.165) is 11.4 Å². The van der Waals surface area contributed by atoms with Gasteiger partial charge in [-0.1, -0.05) is 19.3 Å². The van der Waals surface area contributed by atoms with E-state index in [1.807, 2.05) is 18.0 Å². The van der Waals surface area contributed by atoms with Crippen LogP contribution in [0.2, 0.25) is 0 Å². The largest absolute Gasteiger partial charge is 0.342 e. The van der Waals surface area contributed by atoms with Crippen LogP contribution in [0.3, 0.4) is 0 Å². The van der Waals surface area contributed by atoms with Gasteiger partial charge in [0.25, 0.3) is 0 Å². The second-order valence-corrected chi connectivity index (χ2v) is 6.82. The van der Waals surface area contributed by atoms with Crippen molar-refractivity contribution in [1.82, 2.24) is 4.90 Å². The number of carbonyl (C=O) groups is 1. The normalized spacial score (nSPS) is 16.9. The minimum atomic E-state index is 0.122. The van der Waals surface area contributed by atoms with Crippen LogP contribution in [0.5, 0.6) is 0 Å². The SMILES string of the molecule is Cc1ccc(/C=C/C(=O)N(C)CC2CCCCC2)s1. The van der Waals surface area contributed by atoms with E-state index in [4.69, 9.17) is 0 Å². The van der Waals surface area contributed by atoms with Gasteiger partial charge < -0.3 is 4.90 Å². The molecule has 1 aromatic rings. The van der Waals surface area contributed by atoms with E-state index in [2.05, 4.69) is 19.1 Å². The molecule has 0 aromatic carbocycles. The zero-order valence-electron chi connectivity index (χ0n) is 11.9. The highest BCUT2D eigenvalue weighted by atomic mass is 32.1. The molecule has 2 nitrogen and oxygen atoms in total. The van der Waals surface area contributed by atoms with E-state index in [9.17, 15) is 4.79 Å². The molecule has 3 heteroatoms. The van der Waals surface area contributed by atoms with E-state index in [-0.39, 0.29) is 5.91 Å². The third kappa shape index (κ3) is 4.50. The average Bonchev–Trinajstić information content (AvgIpc) is 2.83. The number of nitrogens with zero attached hydrogens (tertiary/aromatic N) is 1. The van der Waals surface area contributed by atoms with Gasteiger partial charge in [-0.25, -0.2) is 0 Å². The highest BCUT2D eigenvalue weighted by molar-refractivity contribution is 7.12. The zero-order chi connectivity index (χ0) is 13.7. The van der Waals surface area contributed by atoms with E-state index in [1.165, 1.54) is 37.0 Å². The van der Waals surface area contributed by atoms with Crippen LogP contribution in [0, 0.1) is 12.8 Å². The monoisotopic (exact) mass is 277 g/mol. The summed E-state index contributed by atoms with van der Waals surface area (Å²) in [7, 11) is 1.92. The first-order valence-electron chi connectivity index (χ1n) is 7.15. The molecule has 1 fully saturated rings. The number of rotatable bonds is 4. The van der Waals surface area contributed by atoms with Crippen molar-refractivity contribution in [2.45, 2.75) is 39.0 Å². The maximum absolute atomic E-state index is 12.0. The molecule has 0 unspecified atom stereocenters. The van der Waals surface area contributed by atoms with E-state index < -0.39 is 0 Å². The maximum atomic E-state index is 12.0. The Bertz CT molecular complexity index is 443. The molecule has 0 atom stereocenters. The van der Waals surface area contributed by atoms with Crippen molar-refractivity contribution in [3.63, 3.8) is 0 Å². The molecule has 0 radical (unpaired) electrons. The summed E-state index contributed by atoms with van der Waals surface area (Å²) in [6.45, 7) is 2.99. The molecule has 1 aliphatic rings. The van der Waals surface area contributed by atoms with Crippen molar-refractivity contribution in [1.29, 1.82) is 0 Å². The lowest BCUT2D eigenvalue weighted by molar-refractivity contribution is -0.125. The molecule has 104 valence electrons. The number of hydrogen-bond donors (Lipinski definition) is 0. The zero-order valence-corrected chi connectivity index (χ0v) is 12.7. The standard InChI is InChI=1S/C16H23NOS/c1-13-8-9-15(19-13)10-11-16(18)17(2)12-14-6-4-3-5-7-14/h8-11,14H,3-7,12H2,1-2H3/b11-10+. The molecule has 19 heavy (non-hydrogen) atoms. The van der Waals surface area contributed by atoms with E-state index in [0.29, 0.717) is 5.92 Å². The minimum Gasteiger partial charge on any atom is -0.342 e. The highest BCUT2D eigenvalue weighted by Gasteiger charge is 2.16. The number of thiophene rings is 1. The van der Waals surface area contributed by atoms with Gasteiger partial charge in [0.05, 0.1) is 0 Å². The minimum absolute atomic E-state index is 0.122. The van der Waals surface area contributed by atoms with Gasteiger partial charge in [0.15, 0.2) is 0 Å². The molecule has 2 rings (SSSR count). The number of likely N-dealkylation sites (N-methyl/N-ethyl adjacent to an activating group) is 1. The summed E-state index contributed by atoms with van der Waals surface area (Å²) in [5, 5.41) is 0. The molecule has 0 saturated heterocycles. The van der Waals surface area contributed by atoms with E-state index >= 15 is 0 Å². The van der Waals surface area contributed by atoms with Crippen molar-refractivity contribution in [2.75, 3.05) is 13.6 Å². The smallest absolute Gasteiger partial charge is 0.246 e. The average molecular weight is 277 g/mol. The van der Waals surface area contributed by atoms with Crippen LogP contribution >= 0.6 is 11.3 Å². The van der Waals surface area contributed by atoms with Crippen molar-refractivity contribution >= 4 is 23.3 Å². The van der Waals surface area contributed by atoms with Crippen LogP contribution in [-0.4, -0.2) is 24.4 Å². The van der Waals surface area contributed by atoms with Gasteiger partial charge in [-0.3, -0.25) is 4.79 Å². The third-order valence-corrected chi connectivity index (χ3v) is 4.75. The molecule has 0 N–H and O–H groups in total. The van der Waals surface area contributed by atoms with Gasteiger partial charge in [0.2, 0.25) is 5.91 Å². The Balaban J connectivity index is 1.83. The van der Waals surface area contributed by atoms with E-state index in [1.54, 1.807) is 17.4 Å². The van der Waals surface area contributed by atoms with Crippen LogP contribution in [-0.2, 0) is 4.79 Å². The van der Waals surface area contributed by atoms with Crippen molar-refractivity contribution in [2.24, 2.45) is 5.92 Å². The highest BCUT2D eigenvalue weighted by Crippen LogP contribution is 2.24. The lowest BCUT2D eigenvalue weighted by Crippen LogP contribution is -2.31. The van der Waals surface area contributed by atoms with Gasteiger partial charge in [-0.2, -0.15) is 0 Å². The number of aryl methyl sites for hydroxylation is 1.